The zero-order valence-electron chi connectivity index (χ0n) is 9.94. The Morgan fingerprint density at radius 1 is 1.56 bits per heavy atom. The Labute approximate surface area is 101 Å². The van der Waals surface area contributed by atoms with Crippen LogP contribution in [-0.2, 0) is 6.54 Å². The second-order valence-electron chi connectivity index (χ2n) is 4.85. The van der Waals surface area contributed by atoms with Crippen LogP contribution in [-0.4, -0.2) is 22.7 Å². The lowest BCUT2D eigenvalue weighted by molar-refractivity contribution is 0.210. The number of hydrogen-bond acceptors (Lipinski definition) is 4. The number of aliphatic hydroxyl groups excluding tert-OH is 1. The summed E-state index contributed by atoms with van der Waals surface area (Å²) >= 11 is 1.81. The second-order valence-corrected chi connectivity index (χ2v) is 6.00. The molecule has 0 amide bonds. The van der Waals surface area contributed by atoms with Crippen molar-refractivity contribution < 1.29 is 5.11 Å². The Bertz CT molecular complexity index is 334. The highest BCUT2D eigenvalue weighted by Gasteiger charge is 2.26. The fraction of sp³-hybridized carbons (Fsp3) is 0.750. The zero-order valence-corrected chi connectivity index (χ0v) is 10.8. The molecule has 16 heavy (non-hydrogen) atoms. The van der Waals surface area contributed by atoms with Crippen LogP contribution in [0.2, 0.25) is 0 Å². The van der Waals surface area contributed by atoms with Gasteiger partial charge in [-0.15, -0.1) is 11.3 Å². The van der Waals surface area contributed by atoms with Crippen molar-refractivity contribution in [3.05, 3.63) is 16.1 Å². The summed E-state index contributed by atoms with van der Waals surface area (Å²) in [4.78, 5) is 5.72. The van der Waals surface area contributed by atoms with Gasteiger partial charge in [-0.05, 0) is 18.8 Å². The van der Waals surface area contributed by atoms with Gasteiger partial charge in [0.15, 0.2) is 0 Å². The molecule has 90 valence electrons. The van der Waals surface area contributed by atoms with Crippen molar-refractivity contribution in [2.45, 2.75) is 45.2 Å². The largest absolute Gasteiger partial charge is 0.395 e. The lowest BCUT2D eigenvalue weighted by Gasteiger charge is -2.19. The van der Waals surface area contributed by atoms with Crippen molar-refractivity contribution in [1.29, 1.82) is 0 Å². The van der Waals surface area contributed by atoms with E-state index in [-0.39, 0.29) is 12.6 Å². The van der Waals surface area contributed by atoms with Crippen LogP contribution in [0.1, 0.15) is 42.5 Å². The molecule has 0 saturated heterocycles. The molecule has 2 rings (SSSR count). The predicted molar refractivity (Wildman–Crippen MR) is 66.6 cm³/mol. The van der Waals surface area contributed by atoms with Crippen LogP contribution in [0.3, 0.4) is 0 Å². The average Bonchev–Trinajstić information content (AvgIpc) is 3.00. The van der Waals surface area contributed by atoms with Gasteiger partial charge in [0.25, 0.3) is 0 Å². The van der Waals surface area contributed by atoms with E-state index in [0.29, 0.717) is 5.92 Å². The van der Waals surface area contributed by atoms with Gasteiger partial charge in [0.1, 0.15) is 0 Å². The van der Waals surface area contributed by atoms with Gasteiger partial charge in [-0.25, -0.2) is 4.98 Å². The topological polar surface area (TPSA) is 45.1 Å². The molecule has 1 aromatic rings. The van der Waals surface area contributed by atoms with Crippen LogP contribution in [0.15, 0.2) is 6.20 Å². The van der Waals surface area contributed by atoms with E-state index >= 15 is 0 Å². The van der Waals surface area contributed by atoms with Crippen LogP contribution < -0.4 is 5.32 Å². The number of aromatic nitrogens is 1. The summed E-state index contributed by atoms with van der Waals surface area (Å²) in [6.45, 7) is 5.27. The number of rotatable bonds is 6. The molecule has 1 saturated carbocycles. The van der Waals surface area contributed by atoms with Crippen LogP contribution in [0, 0.1) is 5.92 Å². The smallest absolute Gasteiger partial charge is 0.0959 e. The SMILES string of the molecule is CC(C)[C@@H](CO)NCc1cnc(C2CC2)s1. The molecular weight excluding hydrogens is 220 g/mol. The van der Waals surface area contributed by atoms with Gasteiger partial charge in [0, 0.05) is 29.6 Å². The monoisotopic (exact) mass is 240 g/mol. The zero-order chi connectivity index (χ0) is 11.5. The quantitative estimate of drug-likeness (QED) is 0.800. The Kier molecular flexibility index (Phi) is 3.95. The molecule has 0 radical (unpaired) electrons. The Balaban J connectivity index is 1.83. The summed E-state index contributed by atoms with van der Waals surface area (Å²) in [7, 11) is 0. The third kappa shape index (κ3) is 3.03. The van der Waals surface area contributed by atoms with Crippen molar-refractivity contribution in [2.75, 3.05) is 6.61 Å². The molecule has 1 atom stereocenters. The molecule has 1 fully saturated rings. The Hall–Kier alpha value is -0.450. The van der Waals surface area contributed by atoms with Crippen LogP contribution in [0.4, 0.5) is 0 Å². The first-order valence-electron chi connectivity index (χ1n) is 5.99. The maximum absolute atomic E-state index is 9.20. The van der Waals surface area contributed by atoms with E-state index in [0.717, 1.165) is 12.5 Å². The van der Waals surface area contributed by atoms with Crippen molar-refractivity contribution >= 4 is 11.3 Å². The summed E-state index contributed by atoms with van der Waals surface area (Å²) in [6.07, 6.45) is 4.59. The normalized spacial score (nSPS) is 18.0. The molecule has 2 N–H and O–H groups in total. The molecule has 4 heteroatoms. The van der Waals surface area contributed by atoms with E-state index in [4.69, 9.17) is 0 Å². The van der Waals surface area contributed by atoms with E-state index in [1.165, 1.54) is 22.7 Å². The minimum atomic E-state index is 0.187. The fourth-order valence-corrected chi connectivity index (χ4v) is 2.70. The van der Waals surface area contributed by atoms with Gasteiger partial charge in [-0.3, -0.25) is 0 Å². The molecule has 1 aromatic heterocycles. The molecule has 3 nitrogen and oxygen atoms in total. The van der Waals surface area contributed by atoms with E-state index in [1.54, 1.807) is 0 Å². The number of thiazole rings is 1. The van der Waals surface area contributed by atoms with Crippen LogP contribution in [0.25, 0.3) is 0 Å². The Morgan fingerprint density at radius 3 is 2.88 bits per heavy atom. The van der Waals surface area contributed by atoms with Crippen molar-refractivity contribution in [3.8, 4) is 0 Å². The minimum Gasteiger partial charge on any atom is -0.395 e. The first-order chi connectivity index (χ1) is 7.70. The molecule has 1 heterocycles. The van der Waals surface area contributed by atoms with Gasteiger partial charge in [-0.1, -0.05) is 13.8 Å². The Morgan fingerprint density at radius 2 is 2.31 bits per heavy atom. The maximum Gasteiger partial charge on any atom is 0.0959 e. The second kappa shape index (κ2) is 5.25. The molecule has 0 bridgehead atoms. The summed E-state index contributed by atoms with van der Waals surface area (Å²) in [5.41, 5.74) is 0. The van der Waals surface area contributed by atoms with Crippen LogP contribution in [0.5, 0.6) is 0 Å². The number of aliphatic hydroxyl groups is 1. The highest BCUT2D eigenvalue weighted by molar-refractivity contribution is 7.11. The van der Waals surface area contributed by atoms with E-state index < -0.39 is 0 Å². The molecule has 0 aliphatic heterocycles. The fourth-order valence-electron chi connectivity index (χ4n) is 1.67. The lowest BCUT2D eigenvalue weighted by atomic mass is 10.1. The average molecular weight is 240 g/mol. The molecule has 0 spiro atoms. The van der Waals surface area contributed by atoms with Gasteiger partial charge in [-0.2, -0.15) is 0 Å². The molecule has 1 aliphatic rings. The van der Waals surface area contributed by atoms with E-state index in [9.17, 15) is 5.11 Å². The molecule has 1 aliphatic carbocycles. The van der Waals surface area contributed by atoms with E-state index in [1.807, 2.05) is 17.5 Å². The lowest BCUT2D eigenvalue weighted by Crippen LogP contribution is -2.36. The number of nitrogens with one attached hydrogen (secondary N) is 1. The molecule has 0 unspecified atom stereocenters. The first kappa shape index (κ1) is 12.0. The first-order valence-corrected chi connectivity index (χ1v) is 6.81. The standard InChI is InChI=1S/C12H20N2OS/c1-8(2)11(7-15)13-5-10-6-14-12(16-10)9-3-4-9/h6,8-9,11,13,15H,3-5,7H2,1-2H3/t11-/m1/s1. The number of hydrogen-bond donors (Lipinski definition) is 2. The third-order valence-electron chi connectivity index (χ3n) is 3.04. The highest BCUT2D eigenvalue weighted by atomic mass is 32.1. The minimum absolute atomic E-state index is 0.187. The maximum atomic E-state index is 9.20. The van der Waals surface area contributed by atoms with Crippen LogP contribution >= 0.6 is 11.3 Å². The summed E-state index contributed by atoms with van der Waals surface area (Å²) < 4.78 is 0. The molecular formula is C12H20N2OS. The van der Waals surface area contributed by atoms with Gasteiger partial charge in [0.05, 0.1) is 11.6 Å². The summed E-state index contributed by atoms with van der Waals surface area (Å²) in [5, 5.41) is 13.9. The molecule has 0 aromatic carbocycles. The van der Waals surface area contributed by atoms with Gasteiger partial charge >= 0.3 is 0 Å². The predicted octanol–water partition coefficient (Wildman–Crippen LogP) is 2.13. The van der Waals surface area contributed by atoms with Crippen molar-refractivity contribution in [3.63, 3.8) is 0 Å². The van der Waals surface area contributed by atoms with Crippen molar-refractivity contribution in [1.82, 2.24) is 10.3 Å². The van der Waals surface area contributed by atoms with Gasteiger partial charge < -0.3 is 10.4 Å². The third-order valence-corrected chi connectivity index (χ3v) is 4.20. The van der Waals surface area contributed by atoms with Gasteiger partial charge in [0.2, 0.25) is 0 Å². The van der Waals surface area contributed by atoms with Crippen molar-refractivity contribution in [2.24, 2.45) is 5.92 Å². The summed E-state index contributed by atoms with van der Waals surface area (Å²) in [6, 6.07) is 0.187. The highest BCUT2D eigenvalue weighted by Crippen LogP contribution is 2.41. The van der Waals surface area contributed by atoms with E-state index in [2.05, 4.69) is 24.1 Å². The number of nitrogens with zero attached hydrogens (tertiary/aromatic N) is 1. The summed E-state index contributed by atoms with van der Waals surface area (Å²) in [5.74, 6) is 1.21.